The van der Waals surface area contributed by atoms with Crippen molar-refractivity contribution in [2.75, 3.05) is 24.1 Å². The monoisotopic (exact) mass is 415 g/mol. The molecule has 0 saturated carbocycles. The van der Waals surface area contributed by atoms with Crippen molar-refractivity contribution in [3.8, 4) is 0 Å². The van der Waals surface area contributed by atoms with Gasteiger partial charge in [-0.3, -0.25) is 14.3 Å². The molecule has 1 heterocycles. The van der Waals surface area contributed by atoms with Crippen LogP contribution in [0.4, 0.5) is 5.69 Å². The lowest BCUT2D eigenvalue weighted by atomic mass is 10.0. The molecule has 8 heteroatoms. The number of nitrogens with zero attached hydrogens (tertiary/aromatic N) is 1. The van der Waals surface area contributed by atoms with Crippen LogP contribution in [0, 0.1) is 0 Å². The van der Waals surface area contributed by atoms with E-state index in [0.29, 0.717) is 43.6 Å². The largest absolute Gasteiger partial charge is 0.349 e. The maximum Gasteiger partial charge on any atom is 0.251 e. The molecule has 0 aromatic heterocycles. The Hall–Kier alpha value is -2.87. The van der Waals surface area contributed by atoms with Crippen molar-refractivity contribution in [1.82, 2.24) is 10.2 Å². The Balaban J connectivity index is 1.47. The first-order valence-corrected chi connectivity index (χ1v) is 11.4. The second kappa shape index (κ2) is 9.09. The number of carbonyl (C=O) groups excluding carboxylic acids is 2. The maximum absolute atomic E-state index is 12.4. The lowest BCUT2D eigenvalue weighted by Crippen LogP contribution is -2.47. The van der Waals surface area contributed by atoms with Gasteiger partial charge in [-0.2, -0.15) is 0 Å². The van der Waals surface area contributed by atoms with Crippen LogP contribution in [-0.4, -0.2) is 50.5 Å². The molecule has 2 amide bonds. The van der Waals surface area contributed by atoms with Gasteiger partial charge < -0.3 is 10.2 Å². The lowest BCUT2D eigenvalue weighted by Gasteiger charge is -2.32. The molecule has 1 saturated heterocycles. The standard InChI is InChI=1S/C21H25N3O4S/c1-29(27,28)23-19-9-7-17(8-10-19)21(26)22-18-11-13-24(14-12-18)20(25)15-16-5-3-2-4-6-16/h2-10,18,23H,11-15H2,1H3,(H,22,26). The summed E-state index contributed by atoms with van der Waals surface area (Å²) in [5.74, 6) is -0.0973. The van der Waals surface area contributed by atoms with Gasteiger partial charge in [0, 0.05) is 30.4 Å². The summed E-state index contributed by atoms with van der Waals surface area (Å²) in [5.41, 5.74) is 1.88. The number of hydrogen-bond acceptors (Lipinski definition) is 4. The maximum atomic E-state index is 12.4. The van der Waals surface area contributed by atoms with E-state index >= 15 is 0 Å². The highest BCUT2D eigenvalue weighted by Gasteiger charge is 2.24. The molecule has 2 aromatic carbocycles. The minimum atomic E-state index is -3.35. The number of benzene rings is 2. The highest BCUT2D eigenvalue weighted by atomic mass is 32.2. The Morgan fingerprint density at radius 2 is 1.62 bits per heavy atom. The molecular weight excluding hydrogens is 390 g/mol. The van der Waals surface area contributed by atoms with Crippen LogP contribution in [-0.2, 0) is 21.2 Å². The molecule has 2 N–H and O–H groups in total. The Labute approximate surface area is 171 Å². The van der Waals surface area contributed by atoms with E-state index in [1.807, 2.05) is 35.2 Å². The molecule has 154 valence electrons. The summed E-state index contributed by atoms with van der Waals surface area (Å²) >= 11 is 0. The molecule has 0 radical (unpaired) electrons. The van der Waals surface area contributed by atoms with Crippen molar-refractivity contribution in [1.29, 1.82) is 0 Å². The first kappa shape index (κ1) is 20.9. The number of carbonyl (C=O) groups is 2. The number of sulfonamides is 1. The summed E-state index contributed by atoms with van der Waals surface area (Å²) in [6.07, 6.45) is 2.89. The van der Waals surface area contributed by atoms with E-state index in [1.54, 1.807) is 24.3 Å². The number of amides is 2. The van der Waals surface area contributed by atoms with Crippen molar-refractivity contribution in [3.63, 3.8) is 0 Å². The molecule has 29 heavy (non-hydrogen) atoms. The van der Waals surface area contributed by atoms with Crippen LogP contribution in [0.5, 0.6) is 0 Å². The van der Waals surface area contributed by atoms with Crippen molar-refractivity contribution < 1.29 is 18.0 Å². The Kier molecular flexibility index (Phi) is 6.53. The number of hydrogen-bond donors (Lipinski definition) is 2. The molecule has 0 aliphatic carbocycles. The second-order valence-electron chi connectivity index (χ2n) is 7.24. The van der Waals surface area contributed by atoms with Crippen LogP contribution in [0.3, 0.4) is 0 Å². The third-order valence-corrected chi connectivity index (χ3v) is 5.44. The summed E-state index contributed by atoms with van der Waals surface area (Å²) in [7, 11) is -3.35. The summed E-state index contributed by atoms with van der Waals surface area (Å²) in [6, 6.07) is 16.0. The first-order chi connectivity index (χ1) is 13.8. The van der Waals surface area contributed by atoms with Gasteiger partial charge in [0.25, 0.3) is 5.91 Å². The predicted octanol–water partition coefficient (Wildman–Crippen LogP) is 2.02. The fourth-order valence-electron chi connectivity index (χ4n) is 3.33. The summed E-state index contributed by atoms with van der Waals surface area (Å²) in [5, 5.41) is 3.00. The van der Waals surface area contributed by atoms with Crippen LogP contribution < -0.4 is 10.0 Å². The van der Waals surface area contributed by atoms with Gasteiger partial charge in [-0.25, -0.2) is 8.42 Å². The van der Waals surface area contributed by atoms with Crippen LogP contribution in [0.1, 0.15) is 28.8 Å². The molecule has 2 aromatic rings. The Bertz CT molecular complexity index is 951. The summed E-state index contributed by atoms with van der Waals surface area (Å²) < 4.78 is 24.8. The second-order valence-corrected chi connectivity index (χ2v) is 8.99. The fourth-order valence-corrected chi connectivity index (χ4v) is 3.89. The smallest absolute Gasteiger partial charge is 0.251 e. The summed E-state index contributed by atoms with van der Waals surface area (Å²) in [6.45, 7) is 1.24. The summed E-state index contributed by atoms with van der Waals surface area (Å²) in [4.78, 5) is 26.7. The normalized spacial score (nSPS) is 15.0. The molecule has 1 fully saturated rings. The van der Waals surface area contributed by atoms with Crippen molar-refractivity contribution >= 4 is 27.5 Å². The van der Waals surface area contributed by atoms with E-state index in [4.69, 9.17) is 0 Å². The average molecular weight is 416 g/mol. The van der Waals surface area contributed by atoms with Gasteiger partial charge in [0.05, 0.1) is 12.7 Å². The number of rotatable bonds is 6. The quantitative estimate of drug-likeness (QED) is 0.755. The third-order valence-electron chi connectivity index (χ3n) is 4.83. The van der Waals surface area contributed by atoms with E-state index in [0.717, 1.165) is 11.8 Å². The Morgan fingerprint density at radius 1 is 1.00 bits per heavy atom. The molecule has 0 atom stereocenters. The highest BCUT2D eigenvalue weighted by Crippen LogP contribution is 2.15. The average Bonchev–Trinajstić information content (AvgIpc) is 2.68. The predicted molar refractivity (Wildman–Crippen MR) is 112 cm³/mol. The minimum Gasteiger partial charge on any atom is -0.349 e. The molecule has 1 aliphatic rings. The topological polar surface area (TPSA) is 95.6 Å². The minimum absolute atomic E-state index is 0.0112. The number of nitrogens with one attached hydrogen (secondary N) is 2. The van der Waals surface area contributed by atoms with Gasteiger partial charge in [-0.15, -0.1) is 0 Å². The molecule has 0 spiro atoms. The van der Waals surface area contributed by atoms with Gasteiger partial charge in [-0.1, -0.05) is 30.3 Å². The fraction of sp³-hybridized carbons (Fsp3) is 0.333. The van der Waals surface area contributed by atoms with E-state index in [-0.39, 0.29) is 17.9 Å². The molecule has 0 bridgehead atoms. The van der Waals surface area contributed by atoms with Crippen LogP contribution in [0.25, 0.3) is 0 Å². The van der Waals surface area contributed by atoms with Crippen molar-refractivity contribution in [2.45, 2.75) is 25.3 Å². The Morgan fingerprint density at radius 3 is 2.21 bits per heavy atom. The SMILES string of the molecule is CS(=O)(=O)Nc1ccc(C(=O)NC2CCN(C(=O)Cc3ccccc3)CC2)cc1. The van der Waals surface area contributed by atoms with Gasteiger partial charge >= 0.3 is 0 Å². The van der Waals surface area contributed by atoms with Crippen molar-refractivity contribution in [3.05, 3.63) is 65.7 Å². The first-order valence-electron chi connectivity index (χ1n) is 9.50. The molecule has 3 rings (SSSR count). The van der Waals surface area contributed by atoms with E-state index in [9.17, 15) is 18.0 Å². The van der Waals surface area contributed by atoms with Crippen LogP contribution in [0.2, 0.25) is 0 Å². The third kappa shape index (κ3) is 6.32. The zero-order valence-electron chi connectivity index (χ0n) is 16.3. The number of likely N-dealkylation sites (tertiary alicyclic amines) is 1. The number of piperidine rings is 1. The van der Waals surface area contributed by atoms with E-state index in [2.05, 4.69) is 10.0 Å². The molecule has 7 nitrogen and oxygen atoms in total. The van der Waals surface area contributed by atoms with E-state index < -0.39 is 10.0 Å². The zero-order valence-corrected chi connectivity index (χ0v) is 17.1. The highest BCUT2D eigenvalue weighted by molar-refractivity contribution is 7.92. The van der Waals surface area contributed by atoms with Gasteiger partial charge in [-0.05, 0) is 42.7 Å². The lowest BCUT2D eigenvalue weighted by molar-refractivity contribution is -0.131. The van der Waals surface area contributed by atoms with Gasteiger partial charge in [0.1, 0.15) is 0 Å². The molecular formula is C21H25N3O4S. The van der Waals surface area contributed by atoms with Gasteiger partial charge in [0.2, 0.25) is 15.9 Å². The van der Waals surface area contributed by atoms with Crippen molar-refractivity contribution in [2.24, 2.45) is 0 Å². The van der Waals surface area contributed by atoms with Crippen LogP contribution in [0.15, 0.2) is 54.6 Å². The molecule has 0 unspecified atom stereocenters. The number of anilines is 1. The zero-order chi connectivity index (χ0) is 20.9. The molecule has 1 aliphatic heterocycles. The van der Waals surface area contributed by atoms with Crippen LogP contribution >= 0.6 is 0 Å². The van der Waals surface area contributed by atoms with E-state index in [1.165, 1.54) is 0 Å². The van der Waals surface area contributed by atoms with Gasteiger partial charge in [0.15, 0.2) is 0 Å².